The average Bonchev–Trinajstić information content (AvgIpc) is 3.25. The largest absolute Gasteiger partial charge is 0.310 e. The summed E-state index contributed by atoms with van der Waals surface area (Å²) in [5.74, 6) is 0.805. The number of amides is 1. The van der Waals surface area contributed by atoms with Crippen LogP contribution in [0.3, 0.4) is 0 Å². The summed E-state index contributed by atoms with van der Waals surface area (Å²) in [5.41, 5.74) is 2.69. The van der Waals surface area contributed by atoms with E-state index >= 15 is 0 Å². The number of hydrogen-bond donors (Lipinski definition) is 2. The number of rotatable bonds is 3. The van der Waals surface area contributed by atoms with E-state index in [2.05, 4.69) is 25.5 Å². The van der Waals surface area contributed by atoms with Gasteiger partial charge in [0.1, 0.15) is 5.82 Å². The number of nitrogens with one attached hydrogen (secondary N) is 2. The number of hydrogen-bond acceptors (Lipinski definition) is 4. The molecule has 1 saturated carbocycles. The summed E-state index contributed by atoms with van der Waals surface area (Å²) < 4.78 is 0. The first-order chi connectivity index (χ1) is 10.3. The lowest BCUT2D eigenvalue weighted by atomic mass is 10.1. The van der Waals surface area contributed by atoms with Gasteiger partial charge in [-0.05, 0) is 36.6 Å². The van der Waals surface area contributed by atoms with Gasteiger partial charge in [-0.25, -0.2) is 9.97 Å². The highest BCUT2D eigenvalue weighted by atomic mass is 16.2. The molecule has 3 aromatic heterocycles. The minimum Gasteiger partial charge on any atom is -0.310 e. The van der Waals surface area contributed by atoms with Gasteiger partial charge in [0.15, 0.2) is 5.65 Å². The van der Waals surface area contributed by atoms with E-state index in [9.17, 15) is 4.79 Å². The molecule has 2 N–H and O–H groups in total. The van der Waals surface area contributed by atoms with Gasteiger partial charge in [0.05, 0.1) is 6.20 Å². The fraction of sp³-hybridized carbons (Fsp3) is 0.200. The number of aromatic nitrogens is 4. The Morgan fingerprint density at radius 3 is 2.95 bits per heavy atom. The Hall–Kier alpha value is -2.76. The van der Waals surface area contributed by atoms with Crippen LogP contribution in [0.15, 0.2) is 36.8 Å². The molecule has 6 nitrogen and oxygen atoms in total. The Morgan fingerprint density at radius 2 is 2.10 bits per heavy atom. The Balaban J connectivity index is 1.65. The van der Waals surface area contributed by atoms with E-state index in [1.165, 1.54) is 0 Å². The zero-order valence-corrected chi connectivity index (χ0v) is 11.2. The minimum absolute atomic E-state index is 0.0584. The van der Waals surface area contributed by atoms with Gasteiger partial charge in [-0.15, -0.1) is 0 Å². The second kappa shape index (κ2) is 4.66. The van der Waals surface area contributed by atoms with Crippen molar-refractivity contribution < 1.29 is 4.79 Å². The van der Waals surface area contributed by atoms with Crippen molar-refractivity contribution in [3.05, 3.63) is 36.8 Å². The SMILES string of the molecule is O=C(Nc1cc(-c2cnc3[nH]ncc3c2)ccn1)C1CC1. The molecule has 0 aliphatic heterocycles. The van der Waals surface area contributed by atoms with Crippen molar-refractivity contribution in [2.24, 2.45) is 5.92 Å². The molecule has 0 radical (unpaired) electrons. The van der Waals surface area contributed by atoms with Gasteiger partial charge < -0.3 is 5.32 Å². The van der Waals surface area contributed by atoms with E-state index in [1.807, 2.05) is 18.2 Å². The number of H-pyrrole nitrogens is 1. The van der Waals surface area contributed by atoms with E-state index in [4.69, 9.17) is 0 Å². The molecule has 0 aromatic carbocycles. The van der Waals surface area contributed by atoms with Crippen LogP contribution >= 0.6 is 0 Å². The van der Waals surface area contributed by atoms with Crippen molar-refractivity contribution in [2.45, 2.75) is 12.8 Å². The number of aromatic amines is 1. The summed E-state index contributed by atoms with van der Waals surface area (Å²) >= 11 is 0. The molecule has 1 fully saturated rings. The van der Waals surface area contributed by atoms with Gasteiger partial charge in [0.2, 0.25) is 5.91 Å². The van der Waals surface area contributed by atoms with Gasteiger partial charge in [-0.1, -0.05) is 0 Å². The standard InChI is InChI=1S/C15H13N5O/c21-15(9-1-2-9)19-13-6-10(3-4-16-13)11-5-12-8-18-20-14(12)17-7-11/h3-9H,1-2H2,(H,16,19,21)(H,17,18,20). The Morgan fingerprint density at radius 1 is 1.19 bits per heavy atom. The summed E-state index contributed by atoms with van der Waals surface area (Å²) in [6, 6.07) is 5.77. The Labute approximate surface area is 120 Å². The zero-order chi connectivity index (χ0) is 14.2. The van der Waals surface area contributed by atoms with Crippen LogP contribution in [0.5, 0.6) is 0 Å². The lowest BCUT2D eigenvalue weighted by Crippen LogP contribution is -2.14. The highest BCUT2D eigenvalue weighted by Crippen LogP contribution is 2.30. The van der Waals surface area contributed by atoms with Crippen LogP contribution in [-0.4, -0.2) is 26.1 Å². The first-order valence-corrected chi connectivity index (χ1v) is 6.86. The summed E-state index contributed by atoms with van der Waals surface area (Å²) in [7, 11) is 0. The van der Waals surface area contributed by atoms with Crippen molar-refractivity contribution in [2.75, 3.05) is 5.32 Å². The van der Waals surface area contributed by atoms with Gasteiger partial charge in [-0.2, -0.15) is 5.10 Å². The molecule has 1 amide bonds. The fourth-order valence-electron chi connectivity index (χ4n) is 2.25. The predicted molar refractivity (Wildman–Crippen MR) is 78.5 cm³/mol. The normalized spacial score (nSPS) is 14.3. The quantitative estimate of drug-likeness (QED) is 0.771. The monoisotopic (exact) mass is 279 g/mol. The Bertz CT molecular complexity index is 822. The molecular weight excluding hydrogens is 266 g/mol. The van der Waals surface area contributed by atoms with Crippen LogP contribution in [0.25, 0.3) is 22.2 Å². The van der Waals surface area contributed by atoms with Crippen LogP contribution in [0, 0.1) is 5.92 Å². The zero-order valence-electron chi connectivity index (χ0n) is 11.2. The molecule has 1 aliphatic carbocycles. The molecule has 104 valence electrons. The number of anilines is 1. The molecule has 3 heterocycles. The van der Waals surface area contributed by atoms with Crippen LogP contribution < -0.4 is 5.32 Å². The highest BCUT2D eigenvalue weighted by molar-refractivity contribution is 5.93. The summed E-state index contributed by atoms with van der Waals surface area (Å²) in [4.78, 5) is 20.3. The summed E-state index contributed by atoms with van der Waals surface area (Å²) in [5, 5.41) is 10.6. The van der Waals surface area contributed by atoms with Gasteiger partial charge in [0, 0.05) is 29.3 Å². The molecule has 0 saturated heterocycles. The summed E-state index contributed by atoms with van der Waals surface area (Å²) in [6.45, 7) is 0. The van der Waals surface area contributed by atoms with Gasteiger partial charge in [0.25, 0.3) is 0 Å². The van der Waals surface area contributed by atoms with Gasteiger partial charge in [-0.3, -0.25) is 9.89 Å². The molecule has 4 rings (SSSR count). The molecule has 0 spiro atoms. The first-order valence-electron chi connectivity index (χ1n) is 6.86. The lowest BCUT2D eigenvalue weighted by Gasteiger charge is -2.06. The second-order valence-electron chi connectivity index (χ2n) is 5.23. The average molecular weight is 279 g/mol. The van der Waals surface area contributed by atoms with Crippen molar-refractivity contribution in [1.29, 1.82) is 0 Å². The molecule has 1 aliphatic rings. The van der Waals surface area contributed by atoms with Crippen molar-refractivity contribution in [1.82, 2.24) is 20.2 Å². The van der Waals surface area contributed by atoms with E-state index in [0.717, 1.165) is 35.0 Å². The van der Waals surface area contributed by atoms with Crippen LogP contribution in [0.4, 0.5) is 5.82 Å². The number of fused-ring (bicyclic) bond motifs is 1. The van der Waals surface area contributed by atoms with Crippen LogP contribution in [0.1, 0.15) is 12.8 Å². The maximum Gasteiger partial charge on any atom is 0.228 e. The van der Waals surface area contributed by atoms with E-state index < -0.39 is 0 Å². The Kier molecular flexibility index (Phi) is 2.67. The molecule has 0 unspecified atom stereocenters. The third kappa shape index (κ3) is 2.35. The maximum atomic E-state index is 11.8. The number of carbonyl (C=O) groups excluding carboxylic acids is 1. The molecule has 21 heavy (non-hydrogen) atoms. The fourth-order valence-corrected chi connectivity index (χ4v) is 2.25. The van der Waals surface area contributed by atoms with E-state index in [-0.39, 0.29) is 11.8 Å². The van der Waals surface area contributed by atoms with Crippen LogP contribution in [0.2, 0.25) is 0 Å². The molecule has 0 bridgehead atoms. The maximum absolute atomic E-state index is 11.8. The van der Waals surface area contributed by atoms with Crippen molar-refractivity contribution >= 4 is 22.8 Å². The lowest BCUT2D eigenvalue weighted by molar-refractivity contribution is -0.117. The summed E-state index contributed by atoms with van der Waals surface area (Å²) in [6.07, 6.45) is 7.17. The van der Waals surface area contributed by atoms with Crippen molar-refractivity contribution in [3.8, 4) is 11.1 Å². The highest BCUT2D eigenvalue weighted by Gasteiger charge is 2.29. The predicted octanol–water partition coefficient (Wildman–Crippen LogP) is 2.37. The second-order valence-corrected chi connectivity index (χ2v) is 5.23. The van der Waals surface area contributed by atoms with Gasteiger partial charge >= 0.3 is 0 Å². The smallest absolute Gasteiger partial charge is 0.228 e. The number of carbonyl (C=O) groups is 1. The molecule has 0 atom stereocenters. The van der Waals surface area contributed by atoms with E-state index in [1.54, 1.807) is 18.6 Å². The van der Waals surface area contributed by atoms with Crippen LogP contribution in [-0.2, 0) is 4.79 Å². The van der Waals surface area contributed by atoms with Crippen molar-refractivity contribution in [3.63, 3.8) is 0 Å². The number of nitrogens with zero attached hydrogens (tertiary/aromatic N) is 3. The third-order valence-corrected chi connectivity index (χ3v) is 3.58. The molecule has 6 heteroatoms. The van der Waals surface area contributed by atoms with E-state index in [0.29, 0.717) is 5.82 Å². The third-order valence-electron chi connectivity index (χ3n) is 3.58. The molecule has 3 aromatic rings. The minimum atomic E-state index is 0.0584. The first kappa shape index (κ1) is 12.0. The topological polar surface area (TPSA) is 83.6 Å². The molecular formula is C15H13N5O. The number of pyridine rings is 2.